The summed E-state index contributed by atoms with van der Waals surface area (Å²) in [5.41, 5.74) is 3.23. The Bertz CT molecular complexity index is 305. The molecular formula is C9H16N2OS. The Balaban J connectivity index is 3.22. The van der Waals surface area contributed by atoms with Crippen LogP contribution >= 0.6 is 0 Å². The van der Waals surface area contributed by atoms with Gasteiger partial charge in [0, 0.05) is 5.56 Å². The highest BCUT2D eigenvalue weighted by Gasteiger charge is 2.18. The second-order valence-electron chi connectivity index (χ2n) is 3.54. The van der Waals surface area contributed by atoms with Gasteiger partial charge in [-0.15, -0.1) is 5.10 Å². The van der Waals surface area contributed by atoms with Gasteiger partial charge in [0.05, 0.1) is 22.7 Å². The molecule has 0 saturated heterocycles. The van der Waals surface area contributed by atoms with Crippen LogP contribution in [0.25, 0.3) is 0 Å². The third-order valence-electron chi connectivity index (χ3n) is 2.13. The fourth-order valence-electron chi connectivity index (χ4n) is 1.72. The van der Waals surface area contributed by atoms with Crippen molar-refractivity contribution in [2.45, 2.75) is 33.6 Å². The minimum atomic E-state index is -1.04. The average molecular weight is 200 g/mol. The van der Waals surface area contributed by atoms with Crippen LogP contribution in [0.15, 0.2) is 0 Å². The topological polar surface area (TPSA) is 40.9 Å². The van der Waals surface area contributed by atoms with Gasteiger partial charge in [0.2, 0.25) is 0 Å². The first kappa shape index (κ1) is 10.6. The second kappa shape index (κ2) is 3.72. The Labute approximate surface area is 82.5 Å². The van der Waals surface area contributed by atoms with Gasteiger partial charge >= 0.3 is 0 Å². The van der Waals surface area contributed by atoms with Crippen molar-refractivity contribution in [2.75, 3.05) is 6.26 Å². The highest BCUT2D eigenvalue weighted by atomic mass is 32.2. The van der Waals surface area contributed by atoms with Crippen molar-refractivity contribution >= 4 is 11.4 Å². The van der Waals surface area contributed by atoms with Crippen molar-refractivity contribution in [1.29, 1.82) is 0 Å². The molecule has 74 valence electrons. The molecule has 0 fully saturated rings. The lowest BCUT2D eigenvalue weighted by Gasteiger charge is -2.06. The average Bonchev–Trinajstić information content (AvgIpc) is 2.26. The predicted molar refractivity (Wildman–Crippen MR) is 55.3 cm³/mol. The van der Waals surface area contributed by atoms with Gasteiger partial charge in [-0.2, -0.15) is 0 Å². The van der Waals surface area contributed by atoms with E-state index in [0.29, 0.717) is 5.92 Å². The molecule has 1 heterocycles. The van der Waals surface area contributed by atoms with Crippen molar-refractivity contribution in [1.82, 2.24) is 9.19 Å². The Morgan fingerprint density at radius 3 is 2.15 bits per heavy atom. The lowest BCUT2D eigenvalue weighted by Crippen LogP contribution is -2.13. The first-order chi connectivity index (χ1) is 5.95. The summed E-state index contributed by atoms with van der Waals surface area (Å²) in [5.74, 6) is 0.442. The molecule has 1 unspecified atom stereocenters. The van der Waals surface area contributed by atoms with E-state index in [9.17, 15) is 4.55 Å². The highest BCUT2D eigenvalue weighted by Crippen LogP contribution is 2.23. The molecule has 3 nitrogen and oxygen atoms in total. The lowest BCUT2D eigenvalue weighted by atomic mass is 10.0. The number of hydrogen-bond acceptors (Lipinski definition) is 2. The number of rotatable bonds is 2. The molecule has 0 bridgehead atoms. The maximum atomic E-state index is 11.3. The maximum Gasteiger partial charge on any atom is 0.123 e. The van der Waals surface area contributed by atoms with Gasteiger partial charge in [-0.3, -0.25) is 0 Å². The summed E-state index contributed by atoms with van der Waals surface area (Å²) in [6.07, 6.45) is 1.64. The molecule has 13 heavy (non-hydrogen) atoms. The molecule has 1 aromatic rings. The largest absolute Gasteiger partial charge is 0.592 e. The van der Waals surface area contributed by atoms with Crippen LogP contribution in [0.2, 0.25) is 0 Å². The van der Waals surface area contributed by atoms with E-state index in [2.05, 4.69) is 18.9 Å². The summed E-state index contributed by atoms with van der Waals surface area (Å²) >= 11 is -1.04. The van der Waals surface area contributed by atoms with E-state index in [0.717, 1.165) is 11.4 Å². The van der Waals surface area contributed by atoms with Gasteiger partial charge in [0.25, 0.3) is 0 Å². The Morgan fingerprint density at radius 2 is 1.92 bits per heavy atom. The van der Waals surface area contributed by atoms with Crippen LogP contribution in [-0.4, -0.2) is 20.0 Å². The van der Waals surface area contributed by atoms with Crippen molar-refractivity contribution in [3.05, 3.63) is 17.0 Å². The molecule has 0 spiro atoms. The van der Waals surface area contributed by atoms with E-state index >= 15 is 0 Å². The molecule has 1 atom stereocenters. The number of hydrogen-bond donors (Lipinski definition) is 0. The van der Waals surface area contributed by atoms with Crippen molar-refractivity contribution < 1.29 is 4.55 Å². The van der Waals surface area contributed by atoms with Gasteiger partial charge in [0.15, 0.2) is 0 Å². The van der Waals surface area contributed by atoms with Crippen LogP contribution in [0.4, 0.5) is 0 Å². The van der Waals surface area contributed by atoms with Crippen molar-refractivity contribution in [3.8, 4) is 0 Å². The van der Waals surface area contributed by atoms with Crippen LogP contribution in [0, 0.1) is 13.8 Å². The Hall–Kier alpha value is -0.480. The van der Waals surface area contributed by atoms with Crippen LogP contribution in [-0.2, 0) is 11.4 Å². The van der Waals surface area contributed by atoms with E-state index < -0.39 is 11.4 Å². The SMILES string of the molecule is Cc1nn([S+](C)[O-])c(C)c1C(C)C. The van der Waals surface area contributed by atoms with Gasteiger partial charge in [-0.25, -0.2) is 0 Å². The Morgan fingerprint density at radius 1 is 1.38 bits per heavy atom. The van der Waals surface area contributed by atoms with Crippen LogP contribution < -0.4 is 0 Å². The van der Waals surface area contributed by atoms with E-state index in [1.807, 2.05) is 13.8 Å². The van der Waals surface area contributed by atoms with Crippen molar-refractivity contribution in [3.63, 3.8) is 0 Å². The van der Waals surface area contributed by atoms with Crippen LogP contribution in [0.5, 0.6) is 0 Å². The molecule has 4 heteroatoms. The molecular weight excluding hydrogens is 184 g/mol. The molecule has 0 amide bonds. The fourth-order valence-corrected chi connectivity index (χ4v) is 2.44. The standard InChI is InChI=1S/C9H16N2OS/c1-6(2)9-7(3)10-11(8(9)4)13(5)12/h6H,1-5H3. The zero-order chi connectivity index (χ0) is 10.2. The van der Waals surface area contributed by atoms with Gasteiger partial charge in [-0.1, -0.05) is 17.9 Å². The first-order valence-corrected chi connectivity index (χ1v) is 5.86. The Kier molecular flexibility index (Phi) is 3.03. The monoisotopic (exact) mass is 200 g/mol. The van der Waals surface area contributed by atoms with Crippen molar-refractivity contribution in [2.24, 2.45) is 0 Å². The summed E-state index contributed by atoms with van der Waals surface area (Å²) in [4.78, 5) is 0. The summed E-state index contributed by atoms with van der Waals surface area (Å²) in [7, 11) is 0. The number of aryl methyl sites for hydroxylation is 1. The zero-order valence-corrected chi connectivity index (χ0v) is 9.60. The predicted octanol–water partition coefficient (Wildman–Crippen LogP) is 1.76. The quantitative estimate of drug-likeness (QED) is 0.683. The van der Waals surface area contributed by atoms with Gasteiger partial charge in [0.1, 0.15) is 6.26 Å². The van der Waals surface area contributed by atoms with E-state index in [-0.39, 0.29) is 0 Å². The molecule has 0 radical (unpaired) electrons. The molecule has 0 aliphatic heterocycles. The fraction of sp³-hybridized carbons (Fsp3) is 0.667. The molecule has 0 aliphatic carbocycles. The molecule has 0 N–H and O–H groups in total. The number of nitrogens with zero attached hydrogens (tertiary/aromatic N) is 2. The molecule has 0 aromatic carbocycles. The smallest absolute Gasteiger partial charge is 0.123 e. The van der Waals surface area contributed by atoms with E-state index in [1.54, 1.807) is 10.3 Å². The molecule has 0 aliphatic rings. The summed E-state index contributed by atoms with van der Waals surface area (Å²) in [6, 6.07) is 0. The molecule has 1 rings (SSSR count). The highest BCUT2D eigenvalue weighted by molar-refractivity contribution is 7.89. The summed E-state index contributed by atoms with van der Waals surface area (Å²) < 4.78 is 12.9. The lowest BCUT2D eigenvalue weighted by molar-refractivity contribution is 0.583. The minimum Gasteiger partial charge on any atom is -0.592 e. The van der Waals surface area contributed by atoms with E-state index in [1.165, 1.54) is 5.56 Å². The molecule has 0 saturated carbocycles. The van der Waals surface area contributed by atoms with E-state index in [4.69, 9.17) is 0 Å². The third kappa shape index (κ3) is 1.89. The zero-order valence-electron chi connectivity index (χ0n) is 8.79. The normalized spacial score (nSPS) is 13.8. The maximum absolute atomic E-state index is 11.3. The van der Waals surface area contributed by atoms with Crippen LogP contribution in [0.1, 0.15) is 36.7 Å². The van der Waals surface area contributed by atoms with Crippen LogP contribution in [0.3, 0.4) is 0 Å². The summed E-state index contributed by atoms with van der Waals surface area (Å²) in [5, 5.41) is 4.25. The first-order valence-electron chi connectivity index (χ1n) is 4.35. The van der Waals surface area contributed by atoms with Gasteiger partial charge in [-0.05, 0) is 19.8 Å². The third-order valence-corrected chi connectivity index (χ3v) is 2.97. The molecule has 1 aromatic heterocycles. The minimum absolute atomic E-state index is 0.442. The second-order valence-corrected chi connectivity index (χ2v) is 4.73. The number of aromatic nitrogens is 2. The van der Waals surface area contributed by atoms with Gasteiger partial charge < -0.3 is 4.55 Å². The summed E-state index contributed by atoms with van der Waals surface area (Å²) in [6.45, 7) is 8.18.